The van der Waals surface area contributed by atoms with Crippen molar-refractivity contribution in [3.05, 3.63) is 12.2 Å². The van der Waals surface area contributed by atoms with E-state index in [1.807, 2.05) is 6.08 Å². The molecule has 9 heteroatoms. The van der Waals surface area contributed by atoms with Crippen LogP contribution in [-0.2, 0) is 14.3 Å². The number of aliphatic hydroxyl groups is 5. The summed E-state index contributed by atoms with van der Waals surface area (Å²) in [5.74, 6) is -0.172. The molecule has 0 aromatic carbocycles. The minimum absolute atomic E-state index is 0.172. The Morgan fingerprint density at radius 3 is 1.28 bits per heavy atom. The third-order valence-corrected chi connectivity index (χ3v) is 12.9. The monoisotopic (exact) mass is 868 g/mol. The Labute approximate surface area is 376 Å². The Morgan fingerprint density at radius 2 is 0.902 bits per heavy atom. The molecule has 61 heavy (non-hydrogen) atoms. The number of carbonyl (C=O) groups excluding carboxylic acids is 1. The number of amides is 1. The summed E-state index contributed by atoms with van der Waals surface area (Å²) in [6.07, 6.45) is 44.2. The van der Waals surface area contributed by atoms with Gasteiger partial charge in [-0.3, -0.25) is 4.79 Å². The molecule has 6 N–H and O–H groups in total. The van der Waals surface area contributed by atoms with Gasteiger partial charge in [-0.15, -0.1) is 0 Å². The summed E-state index contributed by atoms with van der Waals surface area (Å²) in [4.78, 5) is 13.0. The predicted octanol–water partition coefficient (Wildman–Crippen LogP) is 12.1. The lowest BCUT2D eigenvalue weighted by molar-refractivity contribution is -0.302. The van der Waals surface area contributed by atoms with Crippen molar-refractivity contribution in [3.8, 4) is 0 Å². The fourth-order valence-electron chi connectivity index (χ4n) is 8.63. The van der Waals surface area contributed by atoms with E-state index in [0.717, 1.165) is 38.5 Å². The number of aliphatic hydroxyl groups excluding tert-OH is 5. The number of allylic oxidation sites excluding steroid dienone is 1. The Bertz CT molecular complexity index is 966. The van der Waals surface area contributed by atoms with Gasteiger partial charge in [0.1, 0.15) is 24.4 Å². The van der Waals surface area contributed by atoms with Gasteiger partial charge in [0.2, 0.25) is 5.91 Å². The number of nitrogens with one attached hydrogen (secondary N) is 1. The molecule has 0 aromatic heterocycles. The number of rotatable bonds is 45. The first-order valence-electron chi connectivity index (χ1n) is 26.4. The van der Waals surface area contributed by atoms with Crippen LogP contribution in [0.4, 0.5) is 0 Å². The van der Waals surface area contributed by atoms with Gasteiger partial charge in [0, 0.05) is 6.42 Å². The first-order chi connectivity index (χ1) is 29.8. The number of hydrogen-bond donors (Lipinski definition) is 6. The van der Waals surface area contributed by atoms with Crippen molar-refractivity contribution in [3.63, 3.8) is 0 Å². The zero-order valence-corrected chi connectivity index (χ0v) is 39.9. The first-order valence-corrected chi connectivity index (χ1v) is 26.4. The lowest BCUT2D eigenvalue weighted by Crippen LogP contribution is -2.60. The second kappa shape index (κ2) is 42.9. The highest BCUT2D eigenvalue weighted by Gasteiger charge is 2.44. The maximum absolute atomic E-state index is 13.0. The highest BCUT2D eigenvalue weighted by atomic mass is 16.7. The molecule has 9 nitrogen and oxygen atoms in total. The van der Waals surface area contributed by atoms with E-state index in [9.17, 15) is 30.3 Å². The van der Waals surface area contributed by atoms with Gasteiger partial charge >= 0.3 is 0 Å². The standard InChI is InChI=1S/C52H101NO8/c1-3-5-7-9-11-13-15-17-18-19-20-21-22-23-24-25-26-27-28-29-30-32-34-36-38-40-42-48(56)53-45(44-60-52-51(59)50(58)49(57)47(43-54)61-52)46(55)41-39-37-35-33-31-16-14-12-10-8-6-4-2/h39,41,45-47,49-52,54-55,57-59H,3-38,40,42-44H2,1-2H3,(H,53,56)/b41-39+/t45-,46+,47+,49+,50?,51?,52+/m0/s1. The lowest BCUT2D eigenvalue weighted by Gasteiger charge is -2.40. The topological polar surface area (TPSA) is 149 Å². The largest absolute Gasteiger partial charge is 0.394 e. The van der Waals surface area contributed by atoms with Gasteiger partial charge < -0.3 is 40.3 Å². The quantitative estimate of drug-likeness (QED) is 0.0262. The third-order valence-electron chi connectivity index (χ3n) is 12.9. The molecule has 0 spiro atoms. The maximum Gasteiger partial charge on any atom is 0.220 e. The fourth-order valence-corrected chi connectivity index (χ4v) is 8.63. The number of ether oxygens (including phenoxy) is 2. The second-order valence-corrected chi connectivity index (χ2v) is 18.7. The molecule has 1 fully saturated rings. The maximum atomic E-state index is 13.0. The van der Waals surface area contributed by atoms with E-state index in [2.05, 4.69) is 19.2 Å². The number of unbranched alkanes of at least 4 members (excludes halogenated alkanes) is 35. The molecule has 0 radical (unpaired) electrons. The summed E-state index contributed by atoms with van der Waals surface area (Å²) >= 11 is 0. The van der Waals surface area contributed by atoms with Crippen molar-refractivity contribution in [2.24, 2.45) is 0 Å². The molecule has 1 heterocycles. The van der Waals surface area contributed by atoms with Crippen LogP contribution in [0.3, 0.4) is 0 Å². The fraction of sp³-hybridized carbons (Fsp3) is 0.942. The van der Waals surface area contributed by atoms with Gasteiger partial charge in [0.25, 0.3) is 0 Å². The minimum atomic E-state index is -1.56. The minimum Gasteiger partial charge on any atom is -0.394 e. The zero-order valence-electron chi connectivity index (χ0n) is 39.9. The van der Waals surface area contributed by atoms with Crippen molar-refractivity contribution in [1.29, 1.82) is 0 Å². The summed E-state index contributed by atoms with van der Waals surface area (Å²) in [5, 5.41) is 54.3. The van der Waals surface area contributed by atoms with E-state index in [-0.39, 0.29) is 12.5 Å². The Hall–Kier alpha value is -1.07. The molecule has 7 atom stereocenters. The van der Waals surface area contributed by atoms with Crippen LogP contribution in [0, 0.1) is 0 Å². The SMILES string of the molecule is CCCCCCCCCCCC/C=C/[C@@H](O)[C@H](CO[C@@H]1O[C@H](CO)[C@@H](O)C(O)C1O)NC(=O)CCCCCCCCCCCCCCCCCCCCCCCCCCCC. The van der Waals surface area contributed by atoms with Crippen molar-refractivity contribution >= 4 is 5.91 Å². The summed E-state index contributed by atoms with van der Waals surface area (Å²) in [6.45, 7) is 3.79. The molecule has 1 rings (SSSR count). The van der Waals surface area contributed by atoms with Gasteiger partial charge in [-0.25, -0.2) is 0 Å². The van der Waals surface area contributed by atoms with Gasteiger partial charge in [-0.1, -0.05) is 244 Å². The van der Waals surface area contributed by atoms with Crippen LogP contribution in [0.1, 0.15) is 258 Å². The van der Waals surface area contributed by atoms with Crippen molar-refractivity contribution < 1.29 is 39.8 Å². The third kappa shape index (κ3) is 33.1. The molecule has 0 bridgehead atoms. The van der Waals surface area contributed by atoms with Crippen molar-refractivity contribution in [1.82, 2.24) is 5.32 Å². The van der Waals surface area contributed by atoms with Gasteiger partial charge in [0.05, 0.1) is 25.4 Å². The van der Waals surface area contributed by atoms with Crippen LogP contribution in [0.25, 0.3) is 0 Å². The second-order valence-electron chi connectivity index (χ2n) is 18.7. The van der Waals surface area contributed by atoms with Crippen LogP contribution in [0.2, 0.25) is 0 Å². The zero-order chi connectivity index (χ0) is 44.4. The van der Waals surface area contributed by atoms with Crippen LogP contribution < -0.4 is 5.32 Å². The molecule has 1 amide bonds. The van der Waals surface area contributed by atoms with E-state index >= 15 is 0 Å². The average Bonchev–Trinajstić information content (AvgIpc) is 3.26. The predicted molar refractivity (Wildman–Crippen MR) is 254 cm³/mol. The van der Waals surface area contributed by atoms with Crippen molar-refractivity contribution in [2.75, 3.05) is 13.2 Å². The first kappa shape index (κ1) is 57.9. The highest BCUT2D eigenvalue weighted by molar-refractivity contribution is 5.76. The van der Waals surface area contributed by atoms with E-state index in [1.165, 1.54) is 199 Å². The lowest BCUT2D eigenvalue weighted by atomic mass is 9.99. The molecule has 1 aliphatic rings. The van der Waals surface area contributed by atoms with Crippen LogP contribution in [0.15, 0.2) is 12.2 Å². The van der Waals surface area contributed by atoms with Gasteiger partial charge in [-0.2, -0.15) is 0 Å². The summed E-state index contributed by atoms with van der Waals surface area (Å²) < 4.78 is 11.2. The molecule has 1 aliphatic heterocycles. The molecule has 362 valence electrons. The molecule has 0 aromatic rings. The molecule has 1 saturated heterocycles. The number of carbonyl (C=O) groups is 1. The van der Waals surface area contributed by atoms with Crippen LogP contribution >= 0.6 is 0 Å². The normalized spacial score (nSPS) is 20.4. The van der Waals surface area contributed by atoms with E-state index in [1.54, 1.807) is 6.08 Å². The van der Waals surface area contributed by atoms with Crippen LogP contribution in [-0.4, -0.2) is 87.5 Å². The van der Waals surface area contributed by atoms with Crippen molar-refractivity contribution in [2.45, 2.75) is 301 Å². The Balaban J connectivity index is 2.18. The molecule has 0 saturated carbocycles. The Morgan fingerprint density at radius 1 is 0.541 bits per heavy atom. The molecular weight excluding hydrogens is 767 g/mol. The molecule has 0 aliphatic carbocycles. The molecular formula is C52H101NO8. The van der Waals surface area contributed by atoms with Crippen LogP contribution in [0.5, 0.6) is 0 Å². The van der Waals surface area contributed by atoms with Gasteiger partial charge in [-0.05, 0) is 19.3 Å². The van der Waals surface area contributed by atoms with Gasteiger partial charge in [0.15, 0.2) is 6.29 Å². The Kier molecular flexibility index (Phi) is 40.7. The number of hydrogen-bond acceptors (Lipinski definition) is 8. The van der Waals surface area contributed by atoms with E-state index in [4.69, 9.17) is 9.47 Å². The highest BCUT2D eigenvalue weighted by Crippen LogP contribution is 2.23. The summed E-state index contributed by atoms with van der Waals surface area (Å²) in [6, 6.07) is -0.798. The summed E-state index contributed by atoms with van der Waals surface area (Å²) in [7, 11) is 0. The van der Waals surface area contributed by atoms with E-state index < -0.39 is 49.5 Å². The van der Waals surface area contributed by atoms with E-state index in [0.29, 0.717) is 6.42 Å². The smallest absolute Gasteiger partial charge is 0.220 e. The average molecular weight is 868 g/mol. The molecule has 2 unspecified atom stereocenters. The summed E-state index contributed by atoms with van der Waals surface area (Å²) in [5.41, 5.74) is 0.